The summed E-state index contributed by atoms with van der Waals surface area (Å²) in [6.45, 7) is 4.61. The van der Waals surface area contributed by atoms with E-state index in [1.807, 2.05) is 25.1 Å². The number of anilines is 1. The van der Waals surface area contributed by atoms with Crippen LogP contribution in [0.4, 0.5) is 5.69 Å². The van der Waals surface area contributed by atoms with E-state index in [2.05, 4.69) is 38.5 Å². The third kappa shape index (κ3) is 4.89. The van der Waals surface area contributed by atoms with Crippen molar-refractivity contribution in [3.8, 4) is 0 Å². The van der Waals surface area contributed by atoms with Crippen molar-refractivity contribution < 1.29 is 9.59 Å². The first-order valence-corrected chi connectivity index (χ1v) is 8.62. The fourth-order valence-corrected chi connectivity index (χ4v) is 2.34. The zero-order valence-electron chi connectivity index (χ0n) is 13.7. The number of rotatable bonds is 6. The van der Waals surface area contributed by atoms with E-state index in [1.165, 1.54) is 12.3 Å². The predicted octanol–water partition coefficient (Wildman–Crippen LogP) is 3.93. The van der Waals surface area contributed by atoms with Gasteiger partial charge in [-0.05, 0) is 49.2 Å². The maximum atomic E-state index is 12.4. The lowest BCUT2D eigenvalue weighted by molar-refractivity contribution is 0.0948. The largest absolute Gasteiger partial charge is 0.351 e. The molecule has 0 fully saturated rings. The van der Waals surface area contributed by atoms with Crippen LogP contribution in [0, 0.1) is 6.92 Å². The maximum Gasteiger partial charge on any atom is 0.269 e. The number of aromatic nitrogens is 1. The standard InChI is InChI=1S/C18H20BrN3O2/c1-3-4-8-21-18(24)16-11-13(7-9-20-16)17(23)22-14-5-6-15(19)12(2)10-14/h5-7,9-11H,3-4,8H2,1-2H3,(H,21,24)(H,22,23). The van der Waals surface area contributed by atoms with Gasteiger partial charge >= 0.3 is 0 Å². The molecular weight excluding hydrogens is 370 g/mol. The highest BCUT2D eigenvalue weighted by atomic mass is 79.9. The van der Waals surface area contributed by atoms with Crippen LogP contribution in [0.2, 0.25) is 0 Å². The molecule has 0 bridgehead atoms. The molecule has 0 saturated carbocycles. The number of pyridine rings is 1. The van der Waals surface area contributed by atoms with E-state index >= 15 is 0 Å². The molecule has 1 aromatic carbocycles. The zero-order chi connectivity index (χ0) is 17.5. The number of amides is 2. The average molecular weight is 390 g/mol. The Bertz CT molecular complexity index is 747. The highest BCUT2D eigenvalue weighted by Crippen LogP contribution is 2.20. The molecule has 5 nitrogen and oxygen atoms in total. The number of carbonyl (C=O) groups excluding carboxylic acids is 2. The van der Waals surface area contributed by atoms with Crippen LogP contribution in [0.15, 0.2) is 41.0 Å². The summed E-state index contributed by atoms with van der Waals surface area (Å²) in [5, 5.41) is 5.62. The summed E-state index contributed by atoms with van der Waals surface area (Å²) in [6.07, 6.45) is 3.38. The molecule has 0 aliphatic heterocycles. The first-order valence-electron chi connectivity index (χ1n) is 7.83. The summed E-state index contributed by atoms with van der Waals surface area (Å²) < 4.78 is 0.982. The Kier molecular flexibility index (Phi) is 6.49. The molecule has 1 aromatic heterocycles. The monoisotopic (exact) mass is 389 g/mol. The first-order chi connectivity index (χ1) is 11.5. The molecule has 0 saturated heterocycles. The van der Waals surface area contributed by atoms with Crippen molar-refractivity contribution in [1.29, 1.82) is 0 Å². The van der Waals surface area contributed by atoms with Gasteiger partial charge < -0.3 is 10.6 Å². The molecular formula is C18H20BrN3O2. The number of benzene rings is 1. The van der Waals surface area contributed by atoms with Gasteiger partial charge in [0.15, 0.2) is 0 Å². The smallest absolute Gasteiger partial charge is 0.269 e. The van der Waals surface area contributed by atoms with Gasteiger partial charge in [-0.15, -0.1) is 0 Å². The van der Waals surface area contributed by atoms with Gasteiger partial charge in [-0.3, -0.25) is 14.6 Å². The maximum absolute atomic E-state index is 12.4. The third-order valence-corrected chi connectivity index (χ3v) is 4.38. The Morgan fingerprint density at radius 1 is 1.17 bits per heavy atom. The lowest BCUT2D eigenvalue weighted by Crippen LogP contribution is -2.25. The van der Waals surface area contributed by atoms with Crippen molar-refractivity contribution in [3.05, 3.63) is 57.8 Å². The fraction of sp³-hybridized carbons (Fsp3) is 0.278. The van der Waals surface area contributed by atoms with Gasteiger partial charge in [-0.25, -0.2) is 0 Å². The lowest BCUT2D eigenvalue weighted by atomic mass is 10.2. The van der Waals surface area contributed by atoms with Crippen LogP contribution in [-0.2, 0) is 0 Å². The highest BCUT2D eigenvalue weighted by Gasteiger charge is 2.12. The van der Waals surface area contributed by atoms with Crippen molar-refractivity contribution in [2.45, 2.75) is 26.7 Å². The number of nitrogens with zero attached hydrogens (tertiary/aromatic N) is 1. The summed E-state index contributed by atoms with van der Waals surface area (Å²) in [4.78, 5) is 28.4. The molecule has 2 rings (SSSR count). The van der Waals surface area contributed by atoms with Crippen molar-refractivity contribution >= 4 is 33.4 Å². The Morgan fingerprint density at radius 2 is 1.96 bits per heavy atom. The van der Waals surface area contributed by atoms with Crippen LogP contribution in [-0.4, -0.2) is 23.3 Å². The molecule has 2 amide bonds. The van der Waals surface area contributed by atoms with Gasteiger partial charge in [-0.1, -0.05) is 29.3 Å². The molecule has 2 aromatic rings. The molecule has 0 radical (unpaired) electrons. The van der Waals surface area contributed by atoms with E-state index in [9.17, 15) is 9.59 Å². The van der Waals surface area contributed by atoms with Crippen LogP contribution in [0.3, 0.4) is 0 Å². The van der Waals surface area contributed by atoms with Crippen LogP contribution in [0.5, 0.6) is 0 Å². The van der Waals surface area contributed by atoms with Gasteiger partial charge in [0.1, 0.15) is 5.69 Å². The first kappa shape index (κ1) is 18.1. The van der Waals surface area contributed by atoms with Gasteiger partial charge in [0.25, 0.3) is 11.8 Å². The summed E-state index contributed by atoms with van der Waals surface area (Å²) in [5.74, 6) is -0.542. The molecule has 0 unspecified atom stereocenters. The second-order valence-electron chi connectivity index (χ2n) is 5.46. The van der Waals surface area contributed by atoms with E-state index in [0.29, 0.717) is 17.8 Å². The van der Waals surface area contributed by atoms with Crippen LogP contribution >= 0.6 is 15.9 Å². The second-order valence-corrected chi connectivity index (χ2v) is 6.31. The predicted molar refractivity (Wildman–Crippen MR) is 98.3 cm³/mol. The van der Waals surface area contributed by atoms with E-state index in [1.54, 1.807) is 6.07 Å². The van der Waals surface area contributed by atoms with Gasteiger partial charge in [0.2, 0.25) is 0 Å². The molecule has 6 heteroatoms. The Labute approximate surface area is 150 Å². The average Bonchev–Trinajstić information content (AvgIpc) is 2.58. The van der Waals surface area contributed by atoms with Crippen molar-refractivity contribution in [1.82, 2.24) is 10.3 Å². The fourth-order valence-electron chi connectivity index (χ4n) is 2.09. The molecule has 1 heterocycles. The molecule has 0 atom stereocenters. The number of carbonyl (C=O) groups is 2. The molecule has 0 spiro atoms. The molecule has 126 valence electrons. The van der Waals surface area contributed by atoms with Crippen molar-refractivity contribution in [2.24, 2.45) is 0 Å². The minimum absolute atomic E-state index is 0.241. The minimum atomic E-state index is -0.276. The normalized spacial score (nSPS) is 10.3. The number of hydrogen-bond donors (Lipinski definition) is 2. The minimum Gasteiger partial charge on any atom is -0.351 e. The van der Waals surface area contributed by atoms with E-state index in [-0.39, 0.29) is 17.5 Å². The molecule has 2 N–H and O–H groups in total. The van der Waals surface area contributed by atoms with Gasteiger partial charge in [-0.2, -0.15) is 0 Å². The van der Waals surface area contributed by atoms with Crippen LogP contribution in [0.25, 0.3) is 0 Å². The topological polar surface area (TPSA) is 71.1 Å². The van der Waals surface area contributed by atoms with E-state index in [0.717, 1.165) is 22.9 Å². The zero-order valence-corrected chi connectivity index (χ0v) is 15.3. The van der Waals surface area contributed by atoms with Crippen molar-refractivity contribution in [2.75, 3.05) is 11.9 Å². The number of nitrogens with one attached hydrogen (secondary N) is 2. The lowest BCUT2D eigenvalue weighted by Gasteiger charge is -2.08. The molecule has 0 aliphatic carbocycles. The second kappa shape index (κ2) is 8.59. The van der Waals surface area contributed by atoms with Gasteiger partial charge in [0, 0.05) is 28.5 Å². The number of aryl methyl sites for hydroxylation is 1. The summed E-state index contributed by atoms with van der Waals surface area (Å²) in [6, 6.07) is 8.66. The van der Waals surface area contributed by atoms with Gasteiger partial charge in [0.05, 0.1) is 0 Å². The third-order valence-electron chi connectivity index (χ3n) is 3.49. The number of hydrogen-bond acceptors (Lipinski definition) is 3. The van der Waals surface area contributed by atoms with E-state index in [4.69, 9.17) is 0 Å². The summed E-state index contributed by atoms with van der Waals surface area (Å²) >= 11 is 3.43. The van der Waals surface area contributed by atoms with Crippen molar-refractivity contribution in [3.63, 3.8) is 0 Å². The molecule has 24 heavy (non-hydrogen) atoms. The summed E-state index contributed by atoms with van der Waals surface area (Å²) in [7, 11) is 0. The van der Waals surface area contributed by atoms with E-state index < -0.39 is 0 Å². The Hall–Kier alpha value is -2.21. The van der Waals surface area contributed by atoms with Crippen LogP contribution in [0.1, 0.15) is 46.2 Å². The van der Waals surface area contributed by atoms with Crippen LogP contribution < -0.4 is 10.6 Å². The summed E-state index contributed by atoms with van der Waals surface area (Å²) in [5.41, 5.74) is 2.36. The molecule has 0 aliphatic rings. The number of unbranched alkanes of at least 4 members (excludes halogenated alkanes) is 1. The number of halogens is 1. The Morgan fingerprint density at radius 3 is 2.67 bits per heavy atom. The highest BCUT2D eigenvalue weighted by molar-refractivity contribution is 9.10. The SMILES string of the molecule is CCCCNC(=O)c1cc(C(=O)Nc2ccc(Br)c(C)c2)ccn1. The Balaban J connectivity index is 2.08. The quantitative estimate of drug-likeness (QED) is 0.735.